The topological polar surface area (TPSA) is 244 Å². The van der Waals surface area contributed by atoms with E-state index in [4.69, 9.17) is 33.2 Å². The first-order valence-corrected chi connectivity index (χ1v) is 16.1. The summed E-state index contributed by atoms with van der Waals surface area (Å²) in [7, 11) is 2.56. The lowest BCUT2D eigenvalue weighted by Gasteiger charge is -2.50. The monoisotopic (exact) mass is 702 g/mol. The highest BCUT2D eigenvalue weighted by atomic mass is 16.7. The van der Waals surface area contributed by atoms with Crippen molar-refractivity contribution in [2.75, 3.05) is 34.0 Å². The minimum Gasteiger partial charge on any atom is -0.502 e. The van der Waals surface area contributed by atoms with Crippen LogP contribution in [0.5, 0.6) is 17.2 Å². The van der Waals surface area contributed by atoms with Crippen LogP contribution >= 0.6 is 0 Å². The van der Waals surface area contributed by atoms with E-state index in [1.807, 2.05) is 20.8 Å². The zero-order valence-corrected chi connectivity index (χ0v) is 28.5. The zero-order chi connectivity index (χ0) is 36.5. The first-order valence-electron chi connectivity index (χ1n) is 16.1. The van der Waals surface area contributed by atoms with Gasteiger partial charge in [-0.3, -0.25) is 0 Å². The lowest BCUT2D eigenvalue weighted by atomic mass is 9.60. The number of phenolic OH excluding ortho intramolecular Hbond substituents is 1. The summed E-state index contributed by atoms with van der Waals surface area (Å²) >= 11 is 0. The normalized spacial score (nSPS) is 38.3. The second kappa shape index (κ2) is 15.3. The number of aliphatic hydroxyl groups excluding tert-OH is 5. The van der Waals surface area contributed by atoms with Crippen molar-refractivity contribution in [2.24, 2.45) is 11.3 Å². The first-order chi connectivity index (χ1) is 22.9. The van der Waals surface area contributed by atoms with Crippen LogP contribution in [0.15, 0.2) is 24.3 Å². The molecule has 0 bridgehead atoms. The summed E-state index contributed by atoms with van der Waals surface area (Å²) in [5.74, 6) is -1.61. The van der Waals surface area contributed by atoms with Crippen molar-refractivity contribution < 1.29 is 78.8 Å². The van der Waals surface area contributed by atoms with Crippen LogP contribution in [-0.2, 0) is 23.7 Å². The molecule has 1 aromatic rings. The average Bonchev–Trinajstić information content (AvgIpc) is 3.33. The summed E-state index contributed by atoms with van der Waals surface area (Å²) in [5, 5.41) is 85.2. The van der Waals surface area contributed by atoms with Gasteiger partial charge in [0.2, 0.25) is 5.75 Å². The number of ether oxygens (including phenoxy) is 7. The highest BCUT2D eigenvalue weighted by molar-refractivity contribution is 5.91. The van der Waals surface area contributed by atoms with E-state index in [0.29, 0.717) is 12.8 Å². The zero-order valence-electron chi connectivity index (χ0n) is 28.5. The van der Waals surface area contributed by atoms with Gasteiger partial charge in [-0.1, -0.05) is 32.9 Å². The molecule has 16 heteroatoms. The Bertz CT molecular complexity index is 1300. The Morgan fingerprint density at radius 1 is 1.02 bits per heavy atom. The molecule has 16 nitrogen and oxygen atoms in total. The van der Waals surface area contributed by atoms with Crippen molar-refractivity contribution in [3.63, 3.8) is 0 Å². The summed E-state index contributed by atoms with van der Waals surface area (Å²) in [6.07, 6.45) is -8.09. The first kappa shape index (κ1) is 39.2. The molecule has 3 aliphatic rings. The Kier molecular flexibility index (Phi) is 12.3. The van der Waals surface area contributed by atoms with Gasteiger partial charge in [-0.25, -0.2) is 4.79 Å². The fourth-order valence-corrected chi connectivity index (χ4v) is 6.58. The van der Waals surface area contributed by atoms with Gasteiger partial charge in [-0.2, -0.15) is 0 Å². The van der Waals surface area contributed by atoms with E-state index in [1.54, 1.807) is 19.1 Å². The molecule has 2 aliphatic heterocycles. The molecule has 2 saturated heterocycles. The van der Waals surface area contributed by atoms with Crippen molar-refractivity contribution in [1.82, 2.24) is 0 Å². The van der Waals surface area contributed by atoms with Gasteiger partial charge >= 0.3 is 5.97 Å². The van der Waals surface area contributed by atoms with E-state index < -0.39 is 97.7 Å². The van der Waals surface area contributed by atoms with E-state index in [0.717, 1.165) is 0 Å². The van der Waals surface area contributed by atoms with Crippen LogP contribution in [0.3, 0.4) is 0 Å². The molecule has 8 N–H and O–H groups in total. The van der Waals surface area contributed by atoms with E-state index in [-0.39, 0.29) is 28.7 Å². The molecule has 4 rings (SSSR count). The molecular weight excluding hydrogens is 652 g/mol. The molecule has 278 valence electrons. The van der Waals surface area contributed by atoms with Crippen molar-refractivity contribution in [3.05, 3.63) is 29.8 Å². The number of esters is 1. The number of benzene rings is 1. The number of aliphatic hydroxyl groups is 7. The minimum atomic E-state index is -2.09. The summed E-state index contributed by atoms with van der Waals surface area (Å²) in [6.45, 7) is 5.53. The molecular formula is C33H50O16. The van der Waals surface area contributed by atoms with Gasteiger partial charge < -0.3 is 74.0 Å². The van der Waals surface area contributed by atoms with Crippen molar-refractivity contribution in [1.29, 1.82) is 0 Å². The maximum absolute atomic E-state index is 12.7. The van der Waals surface area contributed by atoms with Gasteiger partial charge in [-0.15, -0.1) is 0 Å². The molecule has 0 spiro atoms. The standard InChI is InChI=1S/C33H50O16/c1-16-9-19(34)12-31(3,4)33(16,42)8-7-17(2)48-29-26(38)25(37)24(36)22(49-29)13-45-30-27(39)32(41,15-47-30)14-46-28(40)18-10-20(43-5)23(35)21(11-18)44-6/h7-8,10-11,16-17,19,22,24-27,29-30,34-39,41-42H,9,12-15H2,1-6H3. The number of methoxy groups -OCH3 is 2. The molecule has 0 aromatic heterocycles. The molecule has 1 aromatic carbocycles. The Hall–Kier alpha value is -2.61. The predicted molar refractivity (Wildman–Crippen MR) is 168 cm³/mol. The average molecular weight is 703 g/mol. The molecule has 12 atom stereocenters. The second-order valence-electron chi connectivity index (χ2n) is 13.8. The summed E-state index contributed by atoms with van der Waals surface area (Å²) < 4.78 is 37.8. The number of carbonyl (C=O) groups is 1. The number of hydrogen-bond donors (Lipinski definition) is 8. The largest absolute Gasteiger partial charge is 0.502 e. The third-order valence-electron chi connectivity index (χ3n) is 9.74. The highest BCUT2D eigenvalue weighted by Gasteiger charge is 2.52. The van der Waals surface area contributed by atoms with Gasteiger partial charge in [0, 0.05) is 0 Å². The van der Waals surface area contributed by atoms with Crippen LogP contribution in [0.2, 0.25) is 0 Å². The predicted octanol–water partition coefficient (Wildman–Crippen LogP) is -0.652. The lowest BCUT2D eigenvalue weighted by molar-refractivity contribution is -0.314. The van der Waals surface area contributed by atoms with E-state index >= 15 is 0 Å². The van der Waals surface area contributed by atoms with E-state index in [1.165, 1.54) is 26.4 Å². The molecule has 1 aliphatic carbocycles. The molecule has 0 radical (unpaired) electrons. The van der Waals surface area contributed by atoms with E-state index in [9.17, 15) is 45.6 Å². The van der Waals surface area contributed by atoms with Gasteiger partial charge in [0.25, 0.3) is 0 Å². The number of hydrogen-bond acceptors (Lipinski definition) is 16. The van der Waals surface area contributed by atoms with Crippen LogP contribution in [0, 0.1) is 11.3 Å². The second-order valence-corrected chi connectivity index (χ2v) is 13.8. The lowest BCUT2D eigenvalue weighted by Crippen LogP contribution is -2.60. The molecule has 0 amide bonds. The van der Waals surface area contributed by atoms with Crippen LogP contribution in [-0.4, -0.2) is 147 Å². The Morgan fingerprint density at radius 2 is 1.65 bits per heavy atom. The maximum Gasteiger partial charge on any atom is 0.338 e. The summed E-state index contributed by atoms with van der Waals surface area (Å²) in [4.78, 5) is 12.7. The molecule has 2 heterocycles. The molecule has 49 heavy (non-hydrogen) atoms. The number of aromatic hydroxyl groups is 1. The summed E-state index contributed by atoms with van der Waals surface area (Å²) in [5.41, 5.74) is -4.05. The number of phenols is 1. The van der Waals surface area contributed by atoms with Crippen LogP contribution in [0.25, 0.3) is 0 Å². The third-order valence-corrected chi connectivity index (χ3v) is 9.74. The minimum absolute atomic E-state index is 0.0516. The fourth-order valence-electron chi connectivity index (χ4n) is 6.58. The van der Waals surface area contributed by atoms with Gasteiger partial charge in [-0.05, 0) is 43.2 Å². The fraction of sp³-hybridized carbons (Fsp3) is 0.727. The SMILES string of the molecule is COc1cc(C(=O)OCC2(O)COC(OCC3OC(OC(C)C=CC4(O)C(C)CC(O)CC4(C)C)C(O)C(O)C3O)C2O)cc(OC)c1O. The molecule has 12 unspecified atom stereocenters. The van der Waals surface area contributed by atoms with Gasteiger partial charge in [0.15, 0.2) is 29.7 Å². The maximum atomic E-state index is 12.7. The quantitative estimate of drug-likeness (QED) is 0.0996. The number of carbonyl (C=O) groups excluding carboxylic acids is 1. The van der Waals surface area contributed by atoms with Crippen molar-refractivity contribution >= 4 is 5.97 Å². The Balaban J connectivity index is 1.33. The highest BCUT2D eigenvalue weighted by Crippen LogP contribution is 2.48. The van der Waals surface area contributed by atoms with Crippen molar-refractivity contribution in [3.8, 4) is 17.2 Å². The summed E-state index contributed by atoms with van der Waals surface area (Å²) in [6, 6.07) is 2.42. The van der Waals surface area contributed by atoms with Gasteiger partial charge in [0.05, 0.1) is 50.8 Å². The van der Waals surface area contributed by atoms with Crippen LogP contribution in [0.4, 0.5) is 0 Å². The van der Waals surface area contributed by atoms with Crippen LogP contribution < -0.4 is 9.47 Å². The smallest absolute Gasteiger partial charge is 0.338 e. The Morgan fingerprint density at radius 3 is 2.24 bits per heavy atom. The third kappa shape index (κ3) is 8.15. The molecule has 1 saturated carbocycles. The number of rotatable bonds is 12. The molecule has 3 fully saturated rings. The van der Waals surface area contributed by atoms with Crippen molar-refractivity contribution in [2.45, 2.75) is 107 Å². The van der Waals surface area contributed by atoms with E-state index in [2.05, 4.69) is 0 Å². The van der Waals surface area contributed by atoms with Gasteiger partial charge in [0.1, 0.15) is 37.1 Å². The Labute approximate surface area is 284 Å². The van der Waals surface area contributed by atoms with Crippen LogP contribution in [0.1, 0.15) is 50.9 Å².